The Hall–Kier alpha value is -0.830. The highest BCUT2D eigenvalue weighted by molar-refractivity contribution is 9.09. The van der Waals surface area contributed by atoms with Crippen molar-refractivity contribution in [1.29, 1.82) is 0 Å². The van der Waals surface area contributed by atoms with E-state index in [1.54, 1.807) is 4.90 Å². The first-order valence-electron chi connectivity index (χ1n) is 4.99. The van der Waals surface area contributed by atoms with Crippen molar-refractivity contribution in [2.45, 2.75) is 13.3 Å². The van der Waals surface area contributed by atoms with Gasteiger partial charge in [-0.1, -0.05) is 45.8 Å². The number of amides is 1. The minimum absolute atomic E-state index is 0.165. The fourth-order valence-electron chi connectivity index (χ4n) is 1.27. The quantitative estimate of drug-likeness (QED) is 0.769. The van der Waals surface area contributed by atoms with Crippen molar-refractivity contribution >= 4 is 21.8 Å². The number of hydrogen-bond acceptors (Lipinski definition) is 1. The van der Waals surface area contributed by atoms with Crippen LogP contribution >= 0.6 is 15.9 Å². The van der Waals surface area contributed by atoms with Gasteiger partial charge in [0.05, 0.1) is 6.42 Å². The van der Waals surface area contributed by atoms with Crippen molar-refractivity contribution in [3.8, 4) is 0 Å². The summed E-state index contributed by atoms with van der Waals surface area (Å²) >= 11 is 3.32. The standard InChI is InChI=1S/C12H16BrNO/c1-10-3-5-11(6-4-10)9-12(15)14(2)8-7-13/h3-6H,7-9H2,1-2H3. The molecule has 0 radical (unpaired) electrons. The zero-order valence-electron chi connectivity index (χ0n) is 9.16. The Balaban J connectivity index is 2.54. The molecular formula is C12H16BrNO. The molecular weight excluding hydrogens is 254 g/mol. The second-order valence-electron chi connectivity index (χ2n) is 3.67. The number of benzene rings is 1. The molecule has 0 aliphatic heterocycles. The van der Waals surface area contributed by atoms with Crippen molar-refractivity contribution in [3.63, 3.8) is 0 Å². The zero-order valence-corrected chi connectivity index (χ0v) is 10.8. The SMILES string of the molecule is Cc1ccc(CC(=O)N(C)CCBr)cc1. The molecule has 0 fully saturated rings. The molecule has 3 heteroatoms. The molecule has 0 aliphatic rings. The second kappa shape index (κ2) is 5.91. The molecule has 0 bridgehead atoms. The van der Waals surface area contributed by atoms with Gasteiger partial charge in [0, 0.05) is 18.9 Å². The lowest BCUT2D eigenvalue weighted by Crippen LogP contribution is -2.29. The van der Waals surface area contributed by atoms with Gasteiger partial charge in [0.25, 0.3) is 0 Å². The third kappa shape index (κ3) is 4.04. The van der Waals surface area contributed by atoms with Crippen LogP contribution in [0.5, 0.6) is 0 Å². The molecule has 82 valence electrons. The molecule has 1 aromatic carbocycles. The molecule has 0 aliphatic carbocycles. The van der Waals surface area contributed by atoms with E-state index in [-0.39, 0.29) is 5.91 Å². The highest BCUT2D eigenvalue weighted by atomic mass is 79.9. The minimum atomic E-state index is 0.165. The number of aryl methyl sites for hydroxylation is 1. The summed E-state index contributed by atoms with van der Waals surface area (Å²) in [5.74, 6) is 0.165. The van der Waals surface area contributed by atoms with Gasteiger partial charge in [-0.3, -0.25) is 4.79 Å². The van der Waals surface area contributed by atoms with Crippen molar-refractivity contribution < 1.29 is 4.79 Å². The average molecular weight is 270 g/mol. The molecule has 0 spiro atoms. The normalized spacial score (nSPS) is 10.1. The van der Waals surface area contributed by atoms with E-state index in [1.165, 1.54) is 5.56 Å². The maximum Gasteiger partial charge on any atom is 0.226 e. The molecule has 0 saturated carbocycles. The monoisotopic (exact) mass is 269 g/mol. The molecule has 0 N–H and O–H groups in total. The molecule has 2 nitrogen and oxygen atoms in total. The molecule has 1 aromatic rings. The van der Waals surface area contributed by atoms with Gasteiger partial charge in [-0.15, -0.1) is 0 Å². The predicted octanol–water partition coefficient (Wildman–Crippen LogP) is 2.39. The van der Waals surface area contributed by atoms with Crippen molar-refractivity contribution in [3.05, 3.63) is 35.4 Å². The Morgan fingerprint density at radius 2 is 1.93 bits per heavy atom. The van der Waals surface area contributed by atoms with Gasteiger partial charge < -0.3 is 4.90 Å². The zero-order chi connectivity index (χ0) is 11.3. The third-order valence-corrected chi connectivity index (χ3v) is 2.68. The van der Waals surface area contributed by atoms with Gasteiger partial charge >= 0.3 is 0 Å². The summed E-state index contributed by atoms with van der Waals surface area (Å²) in [5, 5.41) is 0.823. The summed E-state index contributed by atoms with van der Waals surface area (Å²) < 4.78 is 0. The Kier molecular flexibility index (Phi) is 4.82. The van der Waals surface area contributed by atoms with Crippen LogP contribution in [0.1, 0.15) is 11.1 Å². The summed E-state index contributed by atoms with van der Waals surface area (Å²) in [6, 6.07) is 8.09. The van der Waals surface area contributed by atoms with Crippen LogP contribution in [-0.4, -0.2) is 29.7 Å². The number of nitrogens with zero attached hydrogens (tertiary/aromatic N) is 1. The van der Waals surface area contributed by atoms with Gasteiger partial charge in [-0.2, -0.15) is 0 Å². The number of hydrogen-bond donors (Lipinski definition) is 0. The lowest BCUT2D eigenvalue weighted by atomic mass is 10.1. The Labute approximate surface area is 99.4 Å². The van der Waals surface area contributed by atoms with Crippen LogP contribution in [0.3, 0.4) is 0 Å². The topological polar surface area (TPSA) is 20.3 Å². The van der Waals surface area contributed by atoms with Crippen LogP contribution < -0.4 is 0 Å². The van der Waals surface area contributed by atoms with Crippen LogP contribution in [-0.2, 0) is 11.2 Å². The van der Waals surface area contributed by atoms with Crippen LogP contribution in [0.25, 0.3) is 0 Å². The molecule has 1 rings (SSSR count). The lowest BCUT2D eigenvalue weighted by Gasteiger charge is -2.15. The summed E-state index contributed by atoms with van der Waals surface area (Å²) in [4.78, 5) is 13.4. The first-order chi connectivity index (χ1) is 7.13. The largest absolute Gasteiger partial charge is 0.345 e. The molecule has 0 unspecified atom stereocenters. The number of halogens is 1. The highest BCUT2D eigenvalue weighted by Crippen LogP contribution is 2.05. The fraction of sp³-hybridized carbons (Fsp3) is 0.417. The van der Waals surface area contributed by atoms with E-state index >= 15 is 0 Å². The molecule has 0 aromatic heterocycles. The van der Waals surface area contributed by atoms with E-state index in [2.05, 4.69) is 15.9 Å². The Morgan fingerprint density at radius 1 is 1.33 bits per heavy atom. The first-order valence-corrected chi connectivity index (χ1v) is 6.11. The number of alkyl halides is 1. The van der Waals surface area contributed by atoms with Gasteiger partial charge in [-0.25, -0.2) is 0 Å². The predicted molar refractivity (Wildman–Crippen MR) is 66.3 cm³/mol. The number of rotatable bonds is 4. The van der Waals surface area contributed by atoms with Crippen LogP contribution in [0.4, 0.5) is 0 Å². The summed E-state index contributed by atoms with van der Waals surface area (Å²) in [6.07, 6.45) is 0.490. The van der Waals surface area contributed by atoms with E-state index in [4.69, 9.17) is 0 Å². The van der Waals surface area contributed by atoms with E-state index in [9.17, 15) is 4.79 Å². The molecule has 1 amide bonds. The molecule has 0 saturated heterocycles. The van der Waals surface area contributed by atoms with Crippen LogP contribution in [0.15, 0.2) is 24.3 Å². The first kappa shape index (κ1) is 12.2. The number of likely N-dealkylation sites (N-methyl/N-ethyl adjacent to an activating group) is 1. The molecule has 15 heavy (non-hydrogen) atoms. The van der Waals surface area contributed by atoms with Crippen molar-refractivity contribution in [2.75, 3.05) is 18.9 Å². The number of carbonyl (C=O) groups excluding carboxylic acids is 1. The molecule has 0 heterocycles. The van der Waals surface area contributed by atoms with Crippen molar-refractivity contribution in [2.24, 2.45) is 0 Å². The Bertz CT molecular complexity index is 321. The van der Waals surface area contributed by atoms with Crippen molar-refractivity contribution in [1.82, 2.24) is 4.90 Å². The fourth-order valence-corrected chi connectivity index (χ4v) is 1.80. The van der Waals surface area contributed by atoms with E-state index in [0.29, 0.717) is 6.42 Å². The van der Waals surface area contributed by atoms with Crippen LogP contribution in [0.2, 0.25) is 0 Å². The third-order valence-electron chi connectivity index (χ3n) is 2.32. The van der Waals surface area contributed by atoms with Gasteiger partial charge in [0.15, 0.2) is 0 Å². The van der Waals surface area contributed by atoms with Crippen LogP contribution in [0, 0.1) is 6.92 Å². The second-order valence-corrected chi connectivity index (χ2v) is 4.46. The average Bonchev–Trinajstić information content (AvgIpc) is 2.22. The Morgan fingerprint density at radius 3 is 2.47 bits per heavy atom. The maximum absolute atomic E-state index is 11.7. The summed E-state index contributed by atoms with van der Waals surface area (Å²) in [7, 11) is 1.83. The smallest absolute Gasteiger partial charge is 0.226 e. The van der Waals surface area contributed by atoms with Gasteiger partial charge in [-0.05, 0) is 12.5 Å². The maximum atomic E-state index is 11.7. The van der Waals surface area contributed by atoms with Gasteiger partial charge in [0.1, 0.15) is 0 Å². The van der Waals surface area contributed by atoms with Gasteiger partial charge in [0.2, 0.25) is 5.91 Å². The minimum Gasteiger partial charge on any atom is -0.345 e. The lowest BCUT2D eigenvalue weighted by molar-refractivity contribution is -0.128. The summed E-state index contributed by atoms with van der Waals surface area (Å²) in [5.41, 5.74) is 2.30. The molecule has 0 atom stereocenters. The van der Waals surface area contributed by atoms with E-state index < -0.39 is 0 Å². The number of carbonyl (C=O) groups is 1. The summed E-state index contributed by atoms with van der Waals surface area (Å²) in [6.45, 7) is 2.80. The van der Waals surface area contributed by atoms with E-state index in [0.717, 1.165) is 17.4 Å². The van der Waals surface area contributed by atoms with E-state index in [1.807, 2.05) is 38.2 Å². The highest BCUT2D eigenvalue weighted by Gasteiger charge is 2.08.